The number of carbonyl (C=O) groups is 1. The predicted octanol–water partition coefficient (Wildman–Crippen LogP) is 6.02. The van der Waals surface area contributed by atoms with E-state index < -0.39 is 5.82 Å². The van der Waals surface area contributed by atoms with Gasteiger partial charge in [0.1, 0.15) is 11.3 Å². The van der Waals surface area contributed by atoms with Gasteiger partial charge in [-0.1, -0.05) is 23.7 Å². The van der Waals surface area contributed by atoms with Crippen LogP contribution in [0.25, 0.3) is 22.6 Å². The lowest BCUT2D eigenvalue weighted by Gasteiger charge is -2.05. The molecule has 4 nitrogen and oxygen atoms in total. The van der Waals surface area contributed by atoms with Gasteiger partial charge in [0.15, 0.2) is 5.58 Å². The third-order valence-corrected chi connectivity index (χ3v) is 5.22. The highest BCUT2D eigenvalue weighted by Crippen LogP contribution is 2.28. The molecule has 0 fully saturated rings. The summed E-state index contributed by atoms with van der Waals surface area (Å²) in [5, 5.41) is 3.49. The number of fused-ring (bicyclic) bond motifs is 1. The first kappa shape index (κ1) is 18.5. The van der Waals surface area contributed by atoms with Gasteiger partial charge in [0.05, 0.1) is 11.3 Å². The molecule has 140 valence electrons. The van der Waals surface area contributed by atoms with Gasteiger partial charge in [-0.05, 0) is 54.6 Å². The second kappa shape index (κ2) is 8.04. The number of carbonyl (C=O) groups excluding carboxylic acids is 1. The zero-order valence-corrected chi connectivity index (χ0v) is 16.1. The molecule has 28 heavy (non-hydrogen) atoms. The number of rotatable bonds is 5. The van der Waals surface area contributed by atoms with E-state index in [0.29, 0.717) is 27.4 Å². The van der Waals surface area contributed by atoms with Crippen LogP contribution in [0, 0.1) is 5.82 Å². The number of benzene rings is 3. The summed E-state index contributed by atoms with van der Waals surface area (Å²) in [4.78, 5) is 17.5. The number of thioether (sulfide) groups is 1. The Morgan fingerprint density at radius 1 is 1.11 bits per heavy atom. The number of hydrogen-bond donors (Lipinski definition) is 1. The lowest BCUT2D eigenvalue weighted by Crippen LogP contribution is -2.13. The zero-order chi connectivity index (χ0) is 19.5. The molecule has 1 aromatic heterocycles. The van der Waals surface area contributed by atoms with E-state index in [1.54, 1.807) is 48.5 Å². The van der Waals surface area contributed by atoms with Crippen LogP contribution in [-0.2, 0) is 4.79 Å². The van der Waals surface area contributed by atoms with Gasteiger partial charge in [0.25, 0.3) is 0 Å². The molecule has 4 rings (SSSR count). The minimum absolute atomic E-state index is 0.142. The van der Waals surface area contributed by atoms with Crippen LogP contribution in [-0.4, -0.2) is 16.6 Å². The Hall–Kier alpha value is -2.83. The molecule has 1 amide bonds. The molecule has 0 atom stereocenters. The van der Waals surface area contributed by atoms with Crippen LogP contribution in [0.3, 0.4) is 0 Å². The molecule has 1 heterocycles. The van der Waals surface area contributed by atoms with Gasteiger partial charge in [0.2, 0.25) is 11.8 Å². The second-order valence-corrected chi connectivity index (χ2v) is 7.46. The standard InChI is InChI=1S/C21H14ClFN2O2S/c22-13-5-8-15(9-6-13)28-12-20(26)24-14-7-10-19-18(11-14)25-21(27-19)16-3-1-2-4-17(16)23/h1-11H,12H2,(H,24,26). The van der Waals surface area contributed by atoms with Gasteiger partial charge in [-0.2, -0.15) is 0 Å². The van der Waals surface area contributed by atoms with Crippen LogP contribution in [0.4, 0.5) is 10.1 Å². The van der Waals surface area contributed by atoms with Gasteiger partial charge in [-0.3, -0.25) is 4.79 Å². The van der Waals surface area contributed by atoms with Gasteiger partial charge in [-0.25, -0.2) is 9.37 Å². The summed E-state index contributed by atoms with van der Waals surface area (Å²) in [5.41, 5.74) is 1.96. The average molecular weight is 413 g/mol. The van der Waals surface area contributed by atoms with Crippen molar-refractivity contribution in [1.29, 1.82) is 0 Å². The number of hydrogen-bond acceptors (Lipinski definition) is 4. The average Bonchev–Trinajstić information content (AvgIpc) is 3.11. The first-order valence-corrected chi connectivity index (χ1v) is 9.78. The fourth-order valence-electron chi connectivity index (χ4n) is 2.63. The molecule has 0 radical (unpaired) electrons. The lowest BCUT2D eigenvalue weighted by atomic mass is 10.2. The van der Waals surface area contributed by atoms with Crippen molar-refractivity contribution in [3.8, 4) is 11.5 Å². The number of amides is 1. The molecule has 3 aromatic carbocycles. The third kappa shape index (κ3) is 4.18. The van der Waals surface area contributed by atoms with Crippen molar-refractivity contribution >= 4 is 46.1 Å². The van der Waals surface area contributed by atoms with E-state index in [1.165, 1.54) is 17.8 Å². The first-order valence-electron chi connectivity index (χ1n) is 8.42. The maximum atomic E-state index is 13.9. The van der Waals surface area contributed by atoms with Crippen molar-refractivity contribution in [2.45, 2.75) is 4.90 Å². The van der Waals surface area contributed by atoms with Crippen LogP contribution in [0.2, 0.25) is 5.02 Å². The number of nitrogens with zero attached hydrogens (tertiary/aromatic N) is 1. The molecule has 7 heteroatoms. The molecule has 0 bridgehead atoms. The molecule has 0 aliphatic carbocycles. The molecule has 0 aliphatic rings. The summed E-state index contributed by atoms with van der Waals surface area (Å²) in [6, 6.07) is 18.7. The van der Waals surface area contributed by atoms with Crippen LogP contribution < -0.4 is 5.32 Å². The minimum atomic E-state index is -0.401. The highest BCUT2D eigenvalue weighted by molar-refractivity contribution is 8.00. The third-order valence-electron chi connectivity index (χ3n) is 3.96. The summed E-state index contributed by atoms with van der Waals surface area (Å²) < 4.78 is 19.6. The van der Waals surface area contributed by atoms with Gasteiger partial charge < -0.3 is 9.73 Å². The van der Waals surface area contributed by atoms with Crippen molar-refractivity contribution in [3.05, 3.63) is 77.6 Å². The smallest absolute Gasteiger partial charge is 0.234 e. The summed E-state index contributed by atoms with van der Waals surface area (Å²) in [6.07, 6.45) is 0. The Kier molecular flexibility index (Phi) is 5.32. The van der Waals surface area contributed by atoms with Crippen LogP contribution in [0.1, 0.15) is 0 Å². The molecule has 4 aromatic rings. The molecule has 0 spiro atoms. The molecule has 1 N–H and O–H groups in total. The quantitative estimate of drug-likeness (QED) is 0.407. The zero-order valence-electron chi connectivity index (χ0n) is 14.5. The second-order valence-electron chi connectivity index (χ2n) is 5.97. The summed E-state index contributed by atoms with van der Waals surface area (Å²) in [6.45, 7) is 0. The number of oxazole rings is 1. The monoisotopic (exact) mass is 412 g/mol. The Bertz CT molecular complexity index is 1140. The van der Waals surface area contributed by atoms with E-state index in [2.05, 4.69) is 10.3 Å². The van der Waals surface area contributed by atoms with Crippen molar-refractivity contribution < 1.29 is 13.6 Å². The van der Waals surface area contributed by atoms with Crippen LogP contribution in [0.15, 0.2) is 76.0 Å². The van der Waals surface area contributed by atoms with E-state index in [-0.39, 0.29) is 17.6 Å². The molecule has 0 saturated carbocycles. The SMILES string of the molecule is O=C(CSc1ccc(Cl)cc1)Nc1ccc2oc(-c3ccccc3F)nc2c1. The number of halogens is 2. The molecular formula is C21H14ClFN2O2S. The van der Waals surface area contributed by atoms with Crippen molar-refractivity contribution in [1.82, 2.24) is 4.98 Å². The molecule has 0 saturated heterocycles. The van der Waals surface area contributed by atoms with E-state index in [9.17, 15) is 9.18 Å². The molecular weight excluding hydrogens is 399 g/mol. The Labute approximate surface area is 169 Å². The molecule has 0 unspecified atom stereocenters. The maximum absolute atomic E-state index is 13.9. The number of nitrogens with one attached hydrogen (secondary N) is 1. The van der Waals surface area contributed by atoms with Gasteiger partial charge in [-0.15, -0.1) is 11.8 Å². The van der Waals surface area contributed by atoms with Crippen LogP contribution >= 0.6 is 23.4 Å². The van der Waals surface area contributed by atoms with Crippen LogP contribution in [0.5, 0.6) is 0 Å². The van der Waals surface area contributed by atoms with E-state index in [0.717, 1.165) is 4.90 Å². The van der Waals surface area contributed by atoms with Crippen molar-refractivity contribution in [2.75, 3.05) is 11.1 Å². The maximum Gasteiger partial charge on any atom is 0.234 e. The fourth-order valence-corrected chi connectivity index (χ4v) is 3.46. The summed E-state index contributed by atoms with van der Waals surface area (Å²) >= 11 is 7.27. The summed E-state index contributed by atoms with van der Waals surface area (Å²) in [5.74, 6) is -0.0762. The minimum Gasteiger partial charge on any atom is -0.436 e. The van der Waals surface area contributed by atoms with Crippen molar-refractivity contribution in [2.24, 2.45) is 0 Å². The van der Waals surface area contributed by atoms with E-state index >= 15 is 0 Å². The topological polar surface area (TPSA) is 55.1 Å². The van der Waals surface area contributed by atoms with E-state index in [4.69, 9.17) is 16.0 Å². The fraction of sp³-hybridized carbons (Fsp3) is 0.0476. The van der Waals surface area contributed by atoms with Gasteiger partial charge in [0, 0.05) is 15.6 Å². The first-order chi connectivity index (χ1) is 13.6. The predicted molar refractivity (Wildman–Crippen MR) is 110 cm³/mol. The Balaban J connectivity index is 1.46. The lowest BCUT2D eigenvalue weighted by molar-refractivity contribution is -0.113. The number of anilines is 1. The normalized spacial score (nSPS) is 10.9. The van der Waals surface area contributed by atoms with Crippen molar-refractivity contribution in [3.63, 3.8) is 0 Å². The Morgan fingerprint density at radius 3 is 2.68 bits per heavy atom. The Morgan fingerprint density at radius 2 is 1.89 bits per heavy atom. The highest BCUT2D eigenvalue weighted by atomic mass is 35.5. The number of aromatic nitrogens is 1. The van der Waals surface area contributed by atoms with E-state index in [1.807, 2.05) is 12.1 Å². The summed E-state index contributed by atoms with van der Waals surface area (Å²) in [7, 11) is 0. The largest absolute Gasteiger partial charge is 0.436 e. The molecule has 0 aliphatic heterocycles. The highest BCUT2D eigenvalue weighted by Gasteiger charge is 2.13. The van der Waals surface area contributed by atoms with Gasteiger partial charge >= 0.3 is 0 Å².